The molecule has 0 aliphatic rings. The molecule has 1 atom stereocenters. The van der Waals surface area contributed by atoms with Crippen molar-refractivity contribution in [1.29, 1.82) is 0 Å². The number of carbonyl (C=O) groups is 1. The molecule has 0 saturated carbocycles. The third-order valence-corrected chi connectivity index (χ3v) is 3.63. The summed E-state index contributed by atoms with van der Waals surface area (Å²) < 4.78 is 27.0. The van der Waals surface area contributed by atoms with Gasteiger partial charge >= 0.3 is 0 Å². The van der Waals surface area contributed by atoms with E-state index in [0.717, 1.165) is 17.7 Å². The van der Waals surface area contributed by atoms with Gasteiger partial charge in [0.15, 0.2) is 0 Å². The van der Waals surface area contributed by atoms with Gasteiger partial charge in [0.2, 0.25) is 5.91 Å². The zero-order chi connectivity index (χ0) is 16.8. The Bertz CT molecular complexity index is 657. The van der Waals surface area contributed by atoms with Gasteiger partial charge in [0, 0.05) is 18.0 Å². The summed E-state index contributed by atoms with van der Waals surface area (Å²) in [4.78, 5) is 11.8. The van der Waals surface area contributed by atoms with Crippen LogP contribution in [0.25, 0.3) is 0 Å². The zero-order valence-electron chi connectivity index (χ0n) is 12.2. The van der Waals surface area contributed by atoms with Crippen LogP contribution >= 0.6 is 11.6 Å². The number of amides is 1. The number of nitrogens with one attached hydrogen (secondary N) is 1. The smallest absolute Gasteiger partial charge is 0.220 e. The van der Waals surface area contributed by atoms with Crippen molar-refractivity contribution in [1.82, 2.24) is 5.32 Å². The third kappa shape index (κ3) is 5.01. The summed E-state index contributed by atoms with van der Waals surface area (Å²) in [5.74, 6) is -1.99. The Hall–Kier alpha value is -1.98. The number of aryl methyl sites for hydroxylation is 1. The number of hydrogen-bond acceptors (Lipinski definition) is 2. The van der Waals surface area contributed by atoms with Gasteiger partial charge in [0.05, 0.1) is 5.56 Å². The van der Waals surface area contributed by atoms with Gasteiger partial charge < -0.3 is 10.4 Å². The molecule has 0 saturated heterocycles. The van der Waals surface area contributed by atoms with E-state index in [1.165, 1.54) is 6.07 Å². The lowest BCUT2D eigenvalue weighted by atomic mass is 10.1. The summed E-state index contributed by atoms with van der Waals surface area (Å²) in [5, 5.41) is 12.9. The highest BCUT2D eigenvalue weighted by Gasteiger charge is 2.18. The minimum atomic E-state index is -1.43. The Morgan fingerprint density at radius 2 is 1.74 bits per heavy atom. The third-order valence-electron chi connectivity index (χ3n) is 3.38. The quantitative estimate of drug-likeness (QED) is 0.847. The van der Waals surface area contributed by atoms with Crippen molar-refractivity contribution in [3.63, 3.8) is 0 Å². The van der Waals surface area contributed by atoms with E-state index >= 15 is 0 Å². The van der Waals surface area contributed by atoms with Gasteiger partial charge in [-0.3, -0.25) is 4.79 Å². The van der Waals surface area contributed by atoms with Gasteiger partial charge in [-0.1, -0.05) is 29.8 Å². The van der Waals surface area contributed by atoms with Crippen LogP contribution in [0.5, 0.6) is 0 Å². The van der Waals surface area contributed by atoms with Gasteiger partial charge in [-0.25, -0.2) is 8.78 Å². The summed E-state index contributed by atoms with van der Waals surface area (Å²) >= 11 is 5.77. The second-order valence-electron chi connectivity index (χ2n) is 5.08. The summed E-state index contributed by atoms with van der Waals surface area (Å²) in [6.45, 7) is -0.253. The van der Waals surface area contributed by atoms with Crippen LogP contribution in [0.2, 0.25) is 5.02 Å². The normalized spacial score (nSPS) is 12.0. The molecule has 0 bridgehead atoms. The van der Waals surface area contributed by atoms with Crippen LogP contribution in [-0.2, 0) is 11.2 Å². The van der Waals surface area contributed by atoms with Gasteiger partial charge in [-0.2, -0.15) is 0 Å². The predicted octanol–water partition coefficient (Wildman–Crippen LogP) is 3.40. The molecule has 0 radical (unpaired) electrons. The van der Waals surface area contributed by atoms with Crippen molar-refractivity contribution in [2.75, 3.05) is 6.54 Å². The number of aliphatic hydroxyl groups is 1. The van der Waals surface area contributed by atoms with Gasteiger partial charge in [0.25, 0.3) is 0 Å². The second kappa shape index (κ2) is 8.04. The number of benzene rings is 2. The van der Waals surface area contributed by atoms with Gasteiger partial charge in [-0.15, -0.1) is 0 Å². The first kappa shape index (κ1) is 17.4. The van der Waals surface area contributed by atoms with Gasteiger partial charge in [-0.05, 0) is 36.2 Å². The van der Waals surface area contributed by atoms with Crippen molar-refractivity contribution >= 4 is 17.5 Å². The predicted molar refractivity (Wildman–Crippen MR) is 84.1 cm³/mol. The summed E-state index contributed by atoms with van der Waals surface area (Å²) in [5.41, 5.74) is 0.510. The lowest BCUT2D eigenvalue weighted by Gasteiger charge is -2.14. The lowest BCUT2D eigenvalue weighted by Crippen LogP contribution is -2.29. The number of hydrogen-bond donors (Lipinski definition) is 2. The van der Waals surface area contributed by atoms with E-state index in [1.54, 1.807) is 12.1 Å². The SMILES string of the molecule is O=C(CCc1ccc(Cl)cc1)NCC(O)c1c(F)cccc1F. The topological polar surface area (TPSA) is 49.3 Å². The summed E-state index contributed by atoms with van der Waals surface area (Å²) in [7, 11) is 0. The zero-order valence-corrected chi connectivity index (χ0v) is 13.0. The minimum Gasteiger partial charge on any atom is -0.386 e. The summed E-state index contributed by atoms with van der Waals surface area (Å²) in [6.07, 6.45) is -0.725. The molecule has 0 fully saturated rings. The second-order valence-corrected chi connectivity index (χ2v) is 5.52. The molecule has 2 aromatic carbocycles. The van der Waals surface area contributed by atoms with E-state index in [4.69, 9.17) is 11.6 Å². The molecule has 0 aromatic heterocycles. The Morgan fingerprint density at radius 1 is 1.13 bits per heavy atom. The summed E-state index contributed by atoms with van der Waals surface area (Å²) in [6, 6.07) is 10.4. The molecule has 2 rings (SSSR count). The average Bonchev–Trinajstić information content (AvgIpc) is 2.52. The maximum absolute atomic E-state index is 13.5. The maximum atomic E-state index is 13.5. The van der Waals surface area contributed by atoms with Crippen LogP contribution in [0.4, 0.5) is 8.78 Å². The average molecular weight is 340 g/mol. The van der Waals surface area contributed by atoms with Gasteiger partial charge in [0.1, 0.15) is 17.7 Å². The standard InChI is InChI=1S/C17H16ClF2NO2/c18-12-7-4-11(5-8-12)6-9-16(23)21-10-15(22)17-13(19)2-1-3-14(17)20/h1-5,7-8,15,22H,6,9-10H2,(H,21,23). The maximum Gasteiger partial charge on any atom is 0.220 e. The monoisotopic (exact) mass is 339 g/mol. The first-order chi connectivity index (χ1) is 11.0. The van der Waals surface area contributed by atoms with Crippen LogP contribution in [0.3, 0.4) is 0 Å². The van der Waals surface area contributed by atoms with Crippen LogP contribution in [0.1, 0.15) is 23.7 Å². The molecule has 6 heteroatoms. The van der Waals surface area contributed by atoms with E-state index in [-0.39, 0.29) is 18.9 Å². The molecule has 3 nitrogen and oxygen atoms in total. The van der Waals surface area contributed by atoms with Crippen LogP contribution in [-0.4, -0.2) is 17.6 Å². The first-order valence-corrected chi connectivity index (χ1v) is 7.48. The molecule has 23 heavy (non-hydrogen) atoms. The van der Waals surface area contributed by atoms with E-state index in [2.05, 4.69) is 5.32 Å². The molecule has 0 heterocycles. The van der Waals surface area contributed by atoms with Crippen LogP contribution in [0.15, 0.2) is 42.5 Å². The molecule has 0 aliphatic carbocycles. The molecule has 0 spiro atoms. The van der Waals surface area contributed by atoms with Crippen molar-refractivity contribution in [3.05, 3.63) is 70.2 Å². The Labute approximate surface area is 137 Å². The Kier molecular flexibility index (Phi) is 6.07. The molecular formula is C17H16ClF2NO2. The first-order valence-electron chi connectivity index (χ1n) is 7.10. The Balaban J connectivity index is 1.83. The van der Waals surface area contributed by atoms with Crippen molar-refractivity contribution in [2.24, 2.45) is 0 Å². The van der Waals surface area contributed by atoms with Crippen molar-refractivity contribution < 1.29 is 18.7 Å². The Morgan fingerprint density at radius 3 is 2.35 bits per heavy atom. The highest BCUT2D eigenvalue weighted by atomic mass is 35.5. The minimum absolute atomic E-state index is 0.202. The molecular weight excluding hydrogens is 324 g/mol. The van der Waals surface area contributed by atoms with E-state index in [9.17, 15) is 18.7 Å². The number of aliphatic hydroxyl groups excluding tert-OH is 1. The largest absolute Gasteiger partial charge is 0.386 e. The molecule has 0 aliphatic heterocycles. The highest BCUT2D eigenvalue weighted by molar-refractivity contribution is 6.30. The molecule has 1 unspecified atom stereocenters. The fourth-order valence-corrected chi connectivity index (χ4v) is 2.26. The van der Waals surface area contributed by atoms with Crippen LogP contribution in [0, 0.1) is 11.6 Å². The fraction of sp³-hybridized carbons (Fsp3) is 0.235. The highest BCUT2D eigenvalue weighted by Crippen LogP contribution is 2.20. The van der Waals surface area contributed by atoms with E-state index < -0.39 is 23.3 Å². The van der Waals surface area contributed by atoms with Crippen molar-refractivity contribution in [3.8, 4) is 0 Å². The number of rotatable bonds is 6. The molecule has 2 aromatic rings. The van der Waals surface area contributed by atoms with Crippen molar-refractivity contribution in [2.45, 2.75) is 18.9 Å². The number of halogens is 3. The van der Waals surface area contributed by atoms with E-state index in [1.807, 2.05) is 12.1 Å². The molecule has 1 amide bonds. The fourth-order valence-electron chi connectivity index (χ4n) is 2.14. The lowest BCUT2D eigenvalue weighted by molar-refractivity contribution is -0.121. The van der Waals surface area contributed by atoms with Crippen LogP contribution < -0.4 is 5.32 Å². The number of carbonyl (C=O) groups excluding carboxylic acids is 1. The molecule has 122 valence electrons. The molecule has 2 N–H and O–H groups in total. The van der Waals surface area contributed by atoms with E-state index in [0.29, 0.717) is 11.4 Å².